The maximum atomic E-state index is 12.6. The largest absolute Gasteiger partial charge is 0.496 e. The molecular weight excluding hydrogens is 414 g/mol. The number of ketones is 1. The lowest BCUT2D eigenvalue weighted by Gasteiger charge is -2.32. The molecule has 0 atom stereocenters. The van der Waals surface area contributed by atoms with Gasteiger partial charge in [0.1, 0.15) is 5.75 Å². The number of carbonyl (C=O) groups is 2. The summed E-state index contributed by atoms with van der Waals surface area (Å²) in [5, 5.41) is 3.34. The maximum absolute atomic E-state index is 12.6. The van der Waals surface area contributed by atoms with Crippen molar-refractivity contribution in [2.45, 2.75) is 25.7 Å². The molecule has 166 valence electrons. The van der Waals surface area contributed by atoms with Gasteiger partial charge in [0, 0.05) is 24.6 Å². The highest BCUT2D eigenvalue weighted by Crippen LogP contribution is 2.29. The van der Waals surface area contributed by atoms with Gasteiger partial charge in [-0.3, -0.25) is 9.59 Å². The van der Waals surface area contributed by atoms with E-state index in [1.165, 1.54) is 7.11 Å². The van der Waals surface area contributed by atoms with E-state index in [-0.39, 0.29) is 11.7 Å². The Hall–Kier alpha value is -2.57. The second kappa shape index (κ2) is 11.2. The molecule has 31 heavy (non-hydrogen) atoms. The third-order valence-electron chi connectivity index (χ3n) is 5.80. The first kappa shape index (κ1) is 23.1. The number of hydrogen-bond donors (Lipinski definition) is 2. The highest BCUT2D eigenvalue weighted by molar-refractivity contribution is 6.33. The molecule has 1 fully saturated rings. The van der Waals surface area contributed by atoms with E-state index in [2.05, 4.69) is 10.2 Å². The first-order valence-electron chi connectivity index (χ1n) is 10.7. The fraction of sp³-hybridized carbons (Fsp3) is 0.417. The van der Waals surface area contributed by atoms with Gasteiger partial charge < -0.3 is 20.7 Å². The van der Waals surface area contributed by atoms with Gasteiger partial charge in [-0.15, -0.1) is 0 Å². The summed E-state index contributed by atoms with van der Waals surface area (Å²) in [6, 6.07) is 12.6. The van der Waals surface area contributed by atoms with Crippen LogP contribution < -0.4 is 15.8 Å². The summed E-state index contributed by atoms with van der Waals surface area (Å²) in [5.41, 5.74) is 7.34. The van der Waals surface area contributed by atoms with E-state index in [9.17, 15) is 9.59 Å². The molecule has 0 aromatic heterocycles. The predicted octanol–water partition coefficient (Wildman–Crippen LogP) is 4.04. The highest BCUT2D eigenvalue weighted by Gasteiger charge is 2.21. The fourth-order valence-electron chi connectivity index (χ4n) is 3.89. The van der Waals surface area contributed by atoms with Crippen LogP contribution in [0.25, 0.3) is 0 Å². The Bertz CT molecular complexity index is 896. The molecule has 0 radical (unpaired) electrons. The smallest absolute Gasteiger partial charge is 0.255 e. The summed E-state index contributed by atoms with van der Waals surface area (Å²) in [6.07, 6.45) is 3.48. The highest BCUT2D eigenvalue weighted by atomic mass is 35.5. The minimum absolute atomic E-state index is 0.205. The number of hydrogen-bond acceptors (Lipinski definition) is 5. The second-order valence-electron chi connectivity index (χ2n) is 7.96. The number of benzene rings is 2. The van der Waals surface area contributed by atoms with Gasteiger partial charge in [0.15, 0.2) is 5.78 Å². The zero-order valence-electron chi connectivity index (χ0n) is 17.9. The van der Waals surface area contributed by atoms with Gasteiger partial charge in [-0.1, -0.05) is 41.9 Å². The van der Waals surface area contributed by atoms with E-state index in [4.69, 9.17) is 22.1 Å². The molecule has 0 spiro atoms. The monoisotopic (exact) mass is 443 g/mol. The molecule has 1 saturated heterocycles. The normalized spacial score (nSPS) is 14.9. The van der Waals surface area contributed by atoms with Crippen LogP contribution in [0.3, 0.4) is 0 Å². The van der Waals surface area contributed by atoms with Crippen LogP contribution in [-0.4, -0.2) is 49.9 Å². The van der Waals surface area contributed by atoms with Crippen LogP contribution in [0.15, 0.2) is 42.5 Å². The Morgan fingerprint density at radius 3 is 2.58 bits per heavy atom. The SMILES string of the molecule is COc1cc(N)c(Cl)cc1C(=O)NCC1CCN(CCCC(=O)c2ccccc2)CC1. The fourth-order valence-corrected chi connectivity index (χ4v) is 4.06. The number of rotatable bonds is 9. The number of nitrogens with one attached hydrogen (secondary N) is 1. The summed E-state index contributed by atoms with van der Waals surface area (Å²) >= 11 is 6.06. The lowest BCUT2D eigenvalue weighted by atomic mass is 9.96. The summed E-state index contributed by atoms with van der Waals surface area (Å²) in [6.45, 7) is 3.51. The van der Waals surface area contributed by atoms with Gasteiger partial charge in [0.05, 0.1) is 23.4 Å². The number of methoxy groups -OCH3 is 1. The molecule has 1 amide bonds. The second-order valence-corrected chi connectivity index (χ2v) is 8.37. The topological polar surface area (TPSA) is 84.7 Å². The van der Waals surface area contributed by atoms with Crippen molar-refractivity contribution in [2.75, 3.05) is 39.0 Å². The molecule has 0 unspecified atom stereocenters. The minimum Gasteiger partial charge on any atom is -0.496 e. The van der Waals surface area contributed by atoms with Crippen molar-refractivity contribution in [3.8, 4) is 5.75 Å². The van der Waals surface area contributed by atoms with Crippen molar-refractivity contribution in [3.63, 3.8) is 0 Å². The number of halogens is 1. The van der Waals surface area contributed by atoms with Gasteiger partial charge in [0.2, 0.25) is 0 Å². The Morgan fingerprint density at radius 2 is 1.90 bits per heavy atom. The summed E-state index contributed by atoms with van der Waals surface area (Å²) in [5.74, 6) is 0.845. The third-order valence-corrected chi connectivity index (χ3v) is 6.12. The van der Waals surface area contributed by atoms with E-state index in [0.29, 0.717) is 40.9 Å². The number of Topliss-reactive ketones (excluding diaryl/α,β-unsaturated/α-hetero) is 1. The molecular formula is C24H30ClN3O3. The molecule has 1 aliphatic rings. The van der Waals surface area contributed by atoms with Gasteiger partial charge in [-0.2, -0.15) is 0 Å². The number of ether oxygens (including phenoxy) is 1. The van der Waals surface area contributed by atoms with E-state index in [1.54, 1.807) is 12.1 Å². The number of anilines is 1. The third kappa shape index (κ3) is 6.45. The lowest BCUT2D eigenvalue weighted by Crippen LogP contribution is -2.39. The van der Waals surface area contributed by atoms with E-state index >= 15 is 0 Å². The van der Waals surface area contributed by atoms with Gasteiger partial charge in [0.25, 0.3) is 5.91 Å². The lowest BCUT2D eigenvalue weighted by molar-refractivity contribution is 0.0933. The first-order chi connectivity index (χ1) is 15.0. The standard InChI is InChI=1S/C24H30ClN3O3/c1-31-23-15-21(26)20(25)14-19(23)24(30)27-16-17-9-12-28(13-10-17)11-5-8-22(29)18-6-3-2-4-7-18/h2-4,6-7,14-15,17H,5,8-13,16,26H2,1H3,(H,27,30). The molecule has 0 aliphatic carbocycles. The molecule has 1 aliphatic heterocycles. The van der Waals surface area contributed by atoms with Crippen LogP contribution in [-0.2, 0) is 0 Å². The van der Waals surface area contributed by atoms with Crippen molar-refractivity contribution in [3.05, 3.63) is 58.6 Å². The number of carbonyl (C=O) groups excluding carboxylic acids is 2. The number of nitrogens with two attached hydrogens (primary N) is 1. The summed E-state index contributed by atoms with van der Waals surface area (Å²) < 4.78 is 5.26. The van der Waals surface area contributed by atoms with Gasteiger partial charge in [-0.05, 0) is 50.9 Å². The zero-order valence-corrected chi connectivity index (χ0v) is 18.7. The van der Waals surface area contributed by atoms with Crippen molar-refractivity contribution in [2.24, 2.45) is 5.92 Å². The number of amides is 1. The predicted molar refractivity (Wildman–Crippen MR) is 124 cm³/mol. The average molecular weight is 444 g/mol. The van der Waals surface area contributed by atoms with Crippen molar-refractivity contribution in [1.82, 2.24) is 10.2 Å². The molecule has 3 N–H and O–H groups in total. The number of piperidine rings is 1. The van der Waals surface area contributed by atoms with Crippen molar-refractivity contribution in [1.29, 1.82) is 0 Å². The molecule has 1 heterocycles. The van der Waals surface area contributed by atoms with Crippen LogP contribution >= 0.6 is 11.6 Å². The van der Waals surface area contributed by atoms with Crippen molar-refractivity contribution < 1.29 is 14.3 Å². The Labute approximate surface area is 188 Å². The average Bonchev–Trinajstić information content (AvgIpc) is 2.80. The molecule has 2 aromatic rings. The van der Waals surface area contributed by atoms with Crippen LogP contribution in [0.1, 0.15) is 46.4 Å². The summed E-state index contributed by atoms with van der Waals surface area (Å²) in [4.78, 5) is 27.2. The van der Waals surface area contributed by atoms with Crippen LogP contribution in [0.5, 0.6) is 5.75 Å². The van der Waals surface area contributed by atoms with Crippen molar-refractivity contribution >= 4 is 29.0 Å². The maximum Gasteiger partial charge on any atom is 0.255 e. The summed E-state index contributed by atoms with van der Waals surface area (Å²) in [7, 11) is 1.50. The molecule has 3 rings (SSSR count). The number of likely N-dealkylation sites (tertiary alicyclic amines) is 1. The number of nitrogens with zero attached hydrogens (tertiary/aromatic N) is 1. The van der Waals surface area contributed by atoms with Gasteiger partial charge in [-0.25, -0.2) is 0 Å². The Morgan fingerprint density at radius 1 is 1.19 bits per heavy atom. The molecule has 2 aromatic carbocycles. The van der Waals surface area contributed by atoms with Crippen LogP contribution in [0, 0.1) is 5.92 Å². The molecule has 0 saturated carbocycles. The first-order valence-corrected chi connectivity index (χ1v) is 11.1. The van der Waals surface area contributed by atoms with Gasteiger partial charge >= 0.3 is 0 Å². The molecule has 7 heteroatoms. The van der Waals surface area contributed by atoms with E-state index < -0.39 is 0 Å². The quantitative estimate of drug-likeness (QED) is 0.451. The van der Waals surface area contributed by atoms with E-state index in [1.807, 2.05) is 30.3 Å². The zero-order chi connectivity index (χ0) is 22.2. The van der Waals surface area contributed by atoms with E-state index in [0.717, 1.165) is 44.5 Å². The minimum atomic E-state index is -0.208. The molecule has 0 bridgehead atoms. The number of nitrogen functional groups attached to an aromatic ring is 1. The Balaban J connectivity index is 1.38. The Kier molecular flexibility index (Phi) is 8.32. The molecule has 6 nitrogen and oxygen atoms in total. The van der Waals surface area contributed by atoms with Crippen LogP contribution in [0.2, 0.25) is 5.02 Å². The van der Waals surface area contributed by atoms with Crippen LogP contribution in [0.4, 0.5) is 5.69 Å².